The van der Waals surface area contributed by atoms with Crippen LogP contribution >= 0.6 is 11.3 Å². The van der Waals surface area contributed by atoms with Crippen LogP contribution in [0.15, 0.2) is 212 Å². The molecule has 2 aliphatic carbocycles. The van der Waals surface area contributed by atoms with Gasteiger partial charge in [0.1, 0.15) is 0 Å². The largest absolute Gasteiger partial charge is 0.208 e. The Hall–Kier alpha value is -7.79. The van der Waals surface area contributed by atoms with Crippen molar-refractivity contribution in [1.82, 2.24) is 15.0 Å². The number of rotatable bonds is 5. The van der Waals surface area contributed by atoms with Crippen LogP contribution in [0.1, 0.15) is 22.3 Å². The standard InChI is InChI=1S/C58H35N3S/c1-2-14-36(15-3-1)37-28-30-38(31-29-37)39-32-34-40(35-33-39)55-59-56(61-57(60-55)47-22-12-20-44-43-18-7-11-27-52(43)62-54(44)47)46-21-13-26-51-53(46)45-19-6-10-25-50(45)58(51)48-23-8-4-16-41(48)42-17-5-9-24-49(42)58/h1-35H. The fraction of sp³-hybridized carbons (Fsp3) is 0.0172. The minimum Gasteiger partial charge on any atom is -0.208 e. The number of thiophene rings is 1. The third kappa shape index (κ3) is 5.08. The maximum Gasteiger partial charge on any atom is 0.165 e. The van der Waals surface area contributed by atoms with E-state index in [1.165, 1.54) is 75.8 Å². The molecule has 9 aromatic carbocycles. The van der Waals surface area contributed by atoms with E-state index in [9.17, 15) is 0 Å². The summed E-state index contributed by atoms with van der Waals surface area (Å²) in [6, 6.07) is 76.6. The molecule has 288 valence electrons. The molecule has 2 heterocycles. The van der Waals surface area contributed by atoms with Crippen molar-refractivity contribution in [3.63, 3.8) is 0 Å². The van der Waals surface area contributed by atoms with Gasteiger partial charge in [-0.3, -0.25) is 0 Å². The topological polar surface area (TPSA) is 38.7 Å². The summed E-state index contributed by atoms with van der Waals surface area (Å²) in [6.45, 7) is 0. The van der Waals surface area contributed by atoms with Crippen molar-refractivity contribution in [2.24, 2.45) is 0 Å². The van der Waals surface area contributed by atoms with Crippen LogP contribution in [0.2, 0.25) is 0 Å². The van der Waals surface area contributed by atoms with E-state index in [-0.39, 0.29) is 0 Å². The van der Waals surface area contributed by atoms with Crippen LogP contribution in [-0.2, 0) is 5.41 Å². The molecule has 4 heteroatoms. The molecule has 1 spiro atoms. The van der Waals surface area contributed by atoms with Gasteiger partial charge in [-0.25, -0.2) is 15.0 Å². The van der Waals surface area contributed by atoms with Crippen molar-refractivity contribution in [1.29, 1.82) is 0 Å². The van der Waals surface area contributed by atoms with Gasteiger partial charge in [-0.15, -0.1) is 11.3 Å². The SMILES string of the molecule is c1ccc(-c2ccc(-c3ccc(-c4nc(-c5cccc6c5-c5ccccc5C65c6ccccc6-c6ccccc65)nc(-c5cccc6c5sc5ccccc56)n4)cc3)cc2)cc1. The minimum absolute atomic E-state index is 0.467. The Kier molecular flexibility index (Phi) is 7.69. The zero-order chi connectivity index (χ0) is 40.8. The molecule has 0 radical (unpaired) electrons. The molecule has 0 saturated carbocycles. The molecule has 0 bridgehead atoms. The van der Waals surface area contributed by atoms with E-state index in [2.05, 4.69) is 212 Å². The number of nitrogens with zero attached hydrogens (tertiary/aromatic N) is 3. The summed E-state index contributed by atoms with van der Waals surface area (Å²) >= 11 is 1.80. The smallest absolute Gasteiger partial charge is 0.165 e. The predicted molar refractivity (Wildman–Crippen MR) is 256 cm³/mol. The van der Waals surface area contributed by atoms with Crippen molar-refractivity contribution < 1.29 is 0 Å². The molecule has 11 aromatic rings. The Bertz CT molecular complexity index is 3520. The summed E-state index contributed by atoms with van der Waals surface area (Å²) in [5, 5.41) is 2.46. The van der Waals surface area contributed by atoms with Gasteiger partial charge in [-0.05, 0) is 78.9 Å². The Balaban J connectivity index is 1.01. The van der Waals surface area contributed by atoms with Crippen molar-refractivity contribution in [2.75, 3.05) is 0 Å². The normalized spacial score (nSPS) is 13.0. The number of hydrogen-bond donors (Lipinski definition) is 0. The van der Waals surface area contributed by atoms with Gasteiger partial charge in [-0.2, -0.15) is 0 Å². The van der Waals surface area contributed by atoms with Gasteiger partial charge in [-0.1, -0.05) is 200 Å². The monoisotopic (exact) mass is 805 g/mol. The van der Waals surface area contributed by atoms with Gasteiger partial charge >= 0.3 is 0 Å². The first-order chi connectivity index (χ1) is 30.7. The highest BCUT2D eigenvalue weighted by atomic mass is 32.1. The molecule has 3 nitrogen and oxygen atoms in total. The van der Waals surface area contributed by atoms with E-state index in [4.69, 9.17) is 15.0 Å². The molecule has 13 rings (SSSR count). The van der Waals surface area contributed by atoms with Gasteiger partial charge in [0.2, 0.25) is 0 Å². The highest BCUT2D eigenvalue weighted by Gasteiger charge is 2.52. The van der Waals surface area contributed by atoms with Crippen LogP contribution in [0.5, 0.6) is 0 Å². The van der Waals surface area contributed by atoms with Gasteiger partial charge in [0, 0.05) is 36.9 Å². The highest BCUT2D eigenvalue weighted by Crippen LogP contribution is 2.63. The lowest BCUT2D eigenvalue weighted by molar-refractivity contribution is 0.794. The summed E-state index contributed by atoms with van der Waals surface area (Å²) in [4.78, 5) is 16.2. The van der Waals surface area contributed by atoms with E-state index in [0.717, 1.165) is 27.8 Å². The molecule has 0 aliphatic heterocycles. The zero-order valence-corrected chi connectivity index (χ0v) is 34.3. The fourth-order valence-corrected chi connectivity index (χ4v) is 11.5. The molecule has 0 N–H and O–H groups in total. The van der Waals surface area contributed by atoms with Crippen LogP contribution in [0.4, 0.5) is 0 Å². The van der Waals surface area contributed by atoms with Crippen molar-refractivity contribution in [2.45, 2.75) is 5.41 Å². The third-order valence-electron chi connectivity index (χ3n) is 13.0. The molecular weight excluding hydrogens is 771 g/mol. The maximum absolute atomic E-state index is 5.46. The lowest BCUT2D eigenvalue weighted by atomic mass is 9.70. The molecule has 2 aliphatic rings. The van der Waals surface area contributed by atoms with Crippen LogP contribution in [0.25, 0.3) is 98.8 Å². The van der Waals surface area contributed by atoms with Crippen molar-refractivity contribution in [3.8, 4) is 78.7 Å². The summed E-state index contributed by atoms with van der Waals surface area (Å²) in [7, 11) is 0. The number of benzene rings is 9. The lowest BCUT2D eigenvalue weighted by Crippen LogP contribution is -2.25. The Morgan fingerprint density at radius 1 is 0.290 bits per heavy atom. The van der Waals surface area contributed by atoms with Gasteiger partial charge in [0.05, 0.1) is 5.41 Å². The molecule has 62 heavy (non-hydrogen) atoms. The predicted octanol–water partition coefficient (Wildman–Crippen LogP) is 14.9. The Morgan fingerprint density at radius 2 is 0.726 bits per heavy atom. The molecule has 0 unspecified atom stereocenters. The molecule has 0 fully saturated rings. The summed E-state index contributed by atoms with van der Waals surface area (Å²) in [5.74, 6) is 1.97. The maximum atomic E-state index is 5.46. The van der Waals surface area contributed by atoms with E-state index in [1.807, 2.05) is 0 Å². The molecule has 0 saturated heterocycles. The zero-order valence-electron chi connectivity index (χ0n) is 33.5. The van der Waals surface area contributed by atoms with Crippen LogP contribution < -0.4 is 0 Å². The first kappa shape index (κ1) is 35.0. The van der Waals surface area contributed by atoms with E-state index in [0.29, 0.717) is 17.5 Å². The van der Waals surface area contributed by atoms with Crippen molar-refractivity contribution >= 4 is 31.5 Å². The molecule has 0 amide bonds. The quantitative estimate of drug-likeness (QED) is 0.174. The lowest BCUT2D eigenvalue weighted by Gasteiger charge is -2.30. The average Bonchev–Trinajstić information content (AvgIpc) is 3.99. The molecular formula is C58H35N3S. The van der Waals surface area contributed by atoms with Crippen molar-refractivity contribution in [3.05, 3.63) is 235 Å². The Labute approximate surface area is 363 Å². The summed E-state index contributed by atoms with van der Waals surface area (Å²) in [5.41, 5.74) is 17.3. The second-order valence-electron chi connectivity index (χ2n) is 16.2. The van der Waals surface area contributed by atoms with Crippen LogP contribution in [0, 0.1) is 0 Å². The average molecular weight is 806 g/mol. The number of hydrogen-bond acceptors (Lipinski definition) is 4. The van der Waals surface area contributed by atoms with Gasteiger partial charge < -0.3 is 0 Å². The van der Waals surface area contributed by atoms with Gasteiger partial charge in [0.25, 0.3) is 0 Å². The second kappa shape index (κ2) is 13.6. The number of fused-ring (bicyclic) bond motifs is 13. The minimum atomic E-state index is -0.467. The molecule has 0 atom stereocenters. The van der Waals surface area contributed by atoms with E-state index < -0.39 is 5.41 Å². The van der Waals surface area contributed by atoms with Crippen LogP contribution in [-0.4, -0.2) is 15.0 Å². The third-order valence-corrected chi connectivity index (χ3v) is 14.2. The summed E-state index contributed by atoms with van der Waals surface area (Å²) < 4.78 is 2.42. The summed E-state index contributed by atoms with van der Waals surface area (Å²) in [6.07, 6.45) is 0. The van der Waals surface area contributed by atoms with Crippen LogP contribution in [0.3, 0.4) is 0 Å². The van der Waals surface area contributed by atoms with E-state index in [1.54, 1.807) is 11.3 Å². The number of aromatic nitrogens is 3. The van der Waals surface area contributed by atoms with E-state index >= 15 is 0 Å². The Morgan fingerprint density at radius 3 is 1.40 bits per heavy atom. The molecule has 2 aromatic heterocycles. The first-order valence-electron chi connectivity index (χ1n) is 21.1. The first-order valence-corrected chi connectivity index (χ1v) is 21.9. The van der Waals surface area contributed by atoms with Gasteiger partial charge in [0.15, 0.2) is 17.5 Å². The highest BCUT2D eigenvalue weighted by molar-refractivity contribution is 7.26. The second-order valence-corrected chi connectivity index (χ2v) is 17.3. The fourth-order valence-electron chi connectivity index (χ4n) is 10.3.